The van der Waals surface area contributed by atoms with E-state index < -0.39 is 35.8 Å². The number of pyridine rings is 1. The van der Waals surface area contributed by atoms with Crippen molar-refractivity contribution in [3.8, 4) is 0 Å². The Morgan fingerprint density at radius 2 is 2.00 bits per heavy atom. The van der Waals surface area contributed by atoms with Crippen molar-refractivity contribution >= 4 is 39.7 Å². The van der Waals surface area contributed by atoms with Crippen LogP contribution in [-0.4, -0.2) is 59.3 Å². The van der Waals surface area contributed by atoms with Gasteiger partial charge in [0.15, 0.2) is 0 Å². The monoisotopic (exact) mass is 445 g/mol. The summed E-state index contributed by atoms with van der Waals surface area (Å²) in [6.07, 6.45) is -2.31. The van der Waals surface area contributed by atoms with Gasteiger partial charge in [-0.25, -0.2) is 19.0 Å². The van der Waals surface area contributed by atoms with E-state index in [4.69, 9.17) is 4.74 Å². The number of rotatable bonds is 3. The normalized spacial score (nSPS) is 19.6. The third-order valence-electron chi connectivity index (χ3n) is 3.69. The molecule has 0 spiro atoms. The summed E-state index contributed by atoms with van der Waals surface area (Å²) in [4.78, 5) is 41.9. The molecule has 8 nitrogen and oxygen atoms in total. The maximum atomic E-state index is 13.9. The van der Waals surface area contributed by atoms with Crippen molar-refractivity contribution in [2.75, 3.05) is 19.0 Å². The molecule has 0 radical (unpaired) electrons. The molecule has 0 aliphatic carbocycles. The van der Waals surface area contributed by atoms with Crippen molar-refractivity contribution in [3.05, 3.63) is 22.3 Å². The number of nitrogens with one attached hydrogen (secondary N) is 1. The number of amides is 2. The summed E-state index contributed by atoms with van der Waals surface area (Å²) in [5, 5.41) is 2.48. The van der Waals surface area contributed by atoms with E-state index in [1.807, 2.05) is 0 Å². The van der Waals surface area contributed by atoms with Gasteiger partial charge in [0.2, 0.25) is 5.91 Å². The Labute approximate surface area is 164 Å². The smallest absolute Gasteiger partial charge is 0.411 e. The zero-order valence-corrected chi connectivity index (χ0v) is 17.0. The Morgan fingerprint density at radius 3 is 2.59 bits per heavy atom. The first-order chi connectivity index (χ1) is 12.5. The topological polar surface area (TPSA) is 97.8 Å². The fraction of sp³-hybridized carbons (Fsp3) is 0.529. The molecule has 1 aliphatic heterocycles. The van der Waals surface area contributed by atoms with E-state index >= 15 is 0 Å². The molecule has 2 heterocycles. The lowest BCUT2D eigenvalue weighted by Gasteiger charge is -2.27. The molecular formula is C17H21BrFN3O5. The van der Waals surface area contributed by atoms with Crippen LogP contribution in [0.5, 0.6) is 0 Å². The third kappa shape index (κ3) is 5.38. The second-order valence-electron chi connectivity index (χ2n) is 6.99. The van der Waals surface area contributed by atoms with Gasteiger partial charge in [-0.1, -0.05) is 0 Å². The first kappa shape index (κ1) is 21.1. The lowest BCUT2D eigenvalue weighted by molar-refractivity contribution is -0.120. The Balaban J connectivity index is 2.22. The third-order valence-corrected chi connectivity index (χ3v) is 4.13. The average molecular weight is 446 g/mol. The zero-order chi connectivity index (χ0) is 20.4. The largest absolute Gasteiger partial charge is 0.465 e. The van der Waals surface area contributed by atoms with Crippen LogP contribution in [0, 0.1) is 0 Å². The fourth-order valence-electron chi connectivity index (χ4n) is 2.56. The van der Waals surface area contributed by atoms with Crippen LogP contribution in [0.15, 0.2) is 16.7 Å². The van der Waals surface area contributed by atoms with E-state index in [-0.39, 0.29) is 24.3 Å². The van der Waals surface area contributed by atoms with Crippen LogP contribution in [-0.2, 0) is 14.3 Å². The lowest BCUT2D eigenvalue weighted by Crippen LogP contribution is -2.45. The highest BCUT2D eigenvalue weighted by Gasteiger charge is 2.42. The Kier molecular flexibility index (Phi) is 6.40. The number of aromatic nitrogens is 1. The summed E-state index contributed by atoms with van der Waals surface area (Å²) in [5.41, 5.74) is -0.746. The number of esters is 1. The molecule has 27 heavy (non-hydrogen) atoms. The molecule has 0 unspecified atom stereocenters. The van der Waals surface area contributed by atoms with Crippen molar-refractivity contribution in [2.24, 2.45) is 0 Å². The fourth-order valence-corrected chi connectivity index (χ4v) is 2.87. The van der Waals surface area contributed by atoms with Crippen LogP contribution in [0.3, 0.4) is 0 Å². The van der Waals surface area contributed by atoms with Gasteiger partial charge in [-0.15, -0.1) is 0 Å². The van der Waals surface area contributed by atoms with Gasteiger partial charge < -0.3 is 14.8 Å². The molecule has 0 bridgehead atoms. The van der Waals surface area contributed by atoms with E-state index in [9.17, 15) is 18.8 Å². The summed E-state index contributed by atoms with van der Waals surface area (Å²) in [5.74, 6) is -1.41. The second kappa shape index (κ2) is 8.20. The van der Waals surface area contributed by atoms with Gasteiger partial charge in [0, 0.05) is 6.42 Å². The van der Waals surface area contributed by atoms with Crippen molar-refractivity contribution < 1.29 is 28.2 Å². The van der Waals surface area contributed by atoms with Gasteiger partial charge in [0.1, 0.15) is 33.8 Å². The molecule has 2 amide bonds. The van der Waals surface area contributed by atoms with Crippen LogP contribution in [0.4, 0.5) is 15.0 Å². The number of methoxy groups -OCH3 is 1. The maximum Gasteiger partial charge on any atom is 0.411 e. The van der Waals surface area contributed by atoms with Gasteiger partial charge in [0.25, 0.3) is 0 Å². The molecule has 2 atom stereocenters. The Bertz CT molecular complexity index is 753. The van der Waals surface area contributed by atoms with Gasteiger partial charge >= 0.3 is 12.1 Å². The van der Waals surface area contributed by atoms with Crippen molar-refractivity contribution in [2.45, 2.75) is 45.0 Å². The number of nitrogens with zero attached hydrogens (tertiary/aromatic N) is 2. The highest BCUT2D eigenvalue weighted by Crippen LogP contribution is 2.25. The molecule has 1 aromatic rings. The second-order valence-corrected chi connectivity index (χ2v) is 7.80. The van der Waals surface area contributed by atoms with Crippen molar-refractivity contribution in [1.29, 1.82) is 0 Å². The number of likely N-dealkylation sites (tertiary alicyclic amines) is 1. The zero-order valence-electron chi connectivity index (χ0n) is 15.4. The van der Waals surface area contributed by atoms with E-state index in [1.165, 1.54) is 19.2 Å². The highest BCUT2D eigenvalue weighted by atomic mass is 79.9. The summed E-state index contributed by atoms with van der Waals surface area (Å²) in [6.45, 7) is 4.79. The number of hydrogen-bond acceptors (Lipinski definition) is 6. The Morgan fingerprint density at radius 1 is 1.33 bits per heavy atom. The minimum atomic E-state index is -1.36. The molecular weight excluding hydrogens is 425 g/mol. The minimum absolute atomic E-state index is 0.0349. The van der Waals surface area contributed by atoms with E-state index in [2.05, 4.69) is 31.0 Å². The van der Waals surface area contributed by atoms with E-state index in [0.717, 1.165) is 4.90 Å². The number of carbonyl (C=O) groups is 3. The molecule has 1 aliphatic rings. The summed E-state index contributed by atoms with van der Waals surface area (Å²) >= 11 is 3.16. The number of ether oxygens (including phenoxy) is 2. The number of anilines is 1. The summed E-state index contributed by atoms with van der Waals surface area (Å²) in [6, 6.07) is 1.86. The lowest BCUT2D eigenvalue weighted by atomic mass is 10.2. The average Bonchev–Trinajstić information content (AvgIpc) is 2.95. The molecule has 0 saturated carbocycles. The summed E-state index contributed by atoms with van der Waals surface area (Å²) in [7, 11) is 1.20. The van der Waals surface area contributed by atoms with Gasteiger partial charge in [-0.2, -0.15) is 0 Å². The first-order valence-electron chi connectivity index (χ1n) is 8.21. The first-order valence-corrected chi connectivity index (χ1v) is 9.00. The maximum absolute atomic E-state index is 13.9. The van der Waals surface area contributed by atoms with Crippen molar-refractivity contribution in [3.63, 3.8) is 0 Å². The number of carbonyl (C=O) groups excluding carboxylic acids is 3. The van der Waals surface area contributed by atoms with Crippen LogP contribution in [0.2, 0.25) is 0 Å². The van der Waals surface area contributed by atoms with E-state index in [0.29, 0.717) is 4.60 Å². The van der Waals surface area contributed by atoms with E-state index in [1.54, 1.807) is 20.8 Å². The number of alkyl halides is 1. The Hall–Kier alpha value is -2.23. The highest BCUT2D eigenvalue weighted by molar-refractivity contribution is 9.10. The molecule has 10 heteroatoms. The molecule has 148 valence electrons. The minimum Gasteiger partial charge on any atom is -0.465 e. The van der Waals surface area contributed by atoms with Crippen LogP contribution in [0.25, 0.3) is 0 Å². The van der Waals surface area contributed by atoms with Gasteiger partial charge in [0.05, 0.1) is 13.7 Å². The predicted molar refractivity (Wildman–Crippen MR) is 98.1 cm³/mol. The number of hydrogen-bond donors (Lipinski definition) is 1. The van der Waals surface area contributed by atoms with Crippen LogP contribution >= 0.6 is 15.9 Å². The molecule has 0 aromatic carbocycles. The molecule has 2 rings (SSSR count). The molecule has 1 fully saturated rings. The van der Waals surface area contributed by atoms with Crippen LogP contribution < -0.4 is 5.32 Å². The predicted octanol–water partition coefficient (Wildman–Crippen LogP) is 2.92. The molecule has 1 N–H and O–H groups in total. The van der Waals surface area contributed by atoms with Crippen molar-refractivity contribution in [1.82, 2.24) is 9.88 Å². The standard InChI is InChI=1S/C17H21BrFN3O5/c1-17(2,3)27-16(25)22-8-9(19)7-11(22)14(23)21-13-10(15(24)26-4)5-6-12(18)20-13/h5-6,9,11H,7-8H2,1-4H3,(H,20,21,23)/t9-,11+/m1/s1. The van der Waals surface area contributed by atoms with Crippen LogP contribution in [0.1, 0.15) is 37.6 Å². The number of halogens is 2. The quantitative estimate of drug-likeness (QED) is 0.567. The molecule has 1 saturated heterocycles. The van der Waals surface area contributed by atoms with Gasteiger partial charge in [-0.3, -0.25) is 9.69 Å². The summed E-state index contributed by atoms with van der Waals surface area (Å²) < 4.78 is 24.2. The molecule has 1 aromatic heterocycles. The SMILES string of the molecule is COC(=O)c1ccc(Br)nc1NC(=O)[C@@H]1C[C@@H](F)CN1C(=O)OC(C)(C)C. The van der Waals surface area contributed by atoms with Gasteiger partial charge in [-0.05, 0) is 48.8 Å².